The molecule has 1 saturated heterocycles. The van der Waals surface area contributed by atoms with E-state index in [1.54, 1.807) is 0 Å². The molecule has 1 aromatic heterocycles. The molecule has 2 unspecified atom stereocenters. The summed E-state index contributed by atoms with van der Waals surface area (Å²) in [6.07, 6.45) is -0.599. The number of allylic oxidation sites excluding steroid dienone is 1. The monoisotopic (exact) mass is 615 g/mol. The van der Waals surface area contributed by atoms with Gasteiger partial charge in [0.1, 0.15) is 12.2 Å². The summed E-state index contributed by atoms with van der Waals surface area (Å²) in [5.41, 5.74) is 3.43. The minimum atomic E-state index is -4.20. The minimum absolute atomic E-state index is 0.0189. The highest BCUT2D eigenvalue weighted by atomic mass is 32.2. The molecule has 14 heteroatoms. The Balaban J connectivity index is 2.27. The van der Waals surface area contributed by atoms with Gasteiger partial charge in [-0.1, -0.05) is 47.6 Å². The van der Waals surface area contributed by atoms with Crippen LogP contribution < -0.4 is 17.0 Å². The molecule has 3 rings (SSSR count). The predicted molar refractivity (Wildman–Crippen MR) is 159 cm³/mol. The van der Waals surface area contributed by atoms with Gasteiger partial charge < -0.3 is 19.3 Å². The van der Waals surface area contributed by atoms with Crippen molar-refractivity contribution in [3.8, 4) is 0 Å². The number of hydrogen-bond acceptors (Lipinski definition) is 9. The molecule has 0 saturated carbocycles. The maximum Gasteiger partial charge on any atom is 0.333 e. The lowest BCUT2D eigenvalue weighted by molar-refractivity contribution is -0.0566. The van der Waals surface area contributed by atoms with Crippen LogP contribution in [0.25, 0.3) is 0 Å². The van der Waals surface area contributed by atoms with Gasteiger partial charge in [0.2, 0.25) is 0 Å². The maximum atomic E-state index is 13.6. The van der Waals surface area contributed by atoms with E-state index in [9.17, 15) is 18.0 Å². The maximum absolute atomic E-state index is 13.6. The Morgan fingerprint density at radius 2 is 1.68 bits per heavy atom. The first-order valence-corrected chi connectivity index (χ1v) is 20.6. The van der Waals surface area contributed by atoms with E-state index in [1.807, 2.05) is 33.9 Å². The molecule has 40 heavy (non-hydrogen) atoms. The molecule has 11 nitrogen and oxygen atoms in total. The van der Waals surface area contributed by atoms with Crippen LogP contribution in [0, 0.1) is 0 Å². The zero-order valence-electron chi connectivity index (χ0n) is 25.3. The van der Waals surface area contributed by atoms with Crippen molar-refractivity contribution in [3.63, 3.8) is 0 Å². The van der Waals surface area contributed by atoms with E-state index in [4.69, 9.17) is 23.5 Å². The third-order valence-electron chi connectivity index (χ3n) is 8.75. The Morgan fingerprint density at radius 1 is 1.10 bits per heavy atom. The van der Waals surface area contributed by atoms with Crippen LogP contribution >= 0.6 is 0 Å². The summed E-state index contributed by atoms with van der Waals surface area (Å²) >= 11 is 0. The van der Waals surface area contributed by atoms with Gasteiger partial charge in [-0.3, -0.25) is 13.9 Å². The van der Waals surface area contributed by atoms with E-state index < -0.39 is 62.0 Å². The highest BCUT2D eigenvalue weighted by Gasteiger charge is 2.67. The molecule has 2 N–H and O–H groups in total. The average Bonchev–Trinajstić information content (AvgIpc) is 3.20. The van der Waals surface area contributed by atoms with Crippen LogP contribution in [-0.2, 0) is 34.4 Å². The quantitative estimate of drug-likeness (QED) is 0.265. The van der Waals surface area contributed by atoms with E-state index in [-0.39, 0.29) is 28.9 Å². The van der Waals surface area contributed by atoms with Crippen molar-refractivity contribution in [2.75, 3.05) is 6.61 Å². The average molecular weight is 616 g/mol. The van der Waals surface area contributed by atoms with Crippen molar-refractivity contribution in [3.05, 3.63) is 56.9 Å². The molecule has 0 aromatic carbocycles. The molecular weight excluding hydrogens is 571 g/mol. The van der Waals surface area contributed by atoms with E-state index in [0.29, 0.717) is 0 Å². The third-order valence-corrected chi connectivity index (χ3v) is 18.8. The molecule has 3 heterocycles. The fourth-order valence-electron chi connectivity index (χ4n) is 4.24. The van der Waals surface area contributed by atoms with Crippen LogP contribution in [0.1, 0.15) is 47.8 Å². The first kappa shape index (κ1) is 32.7. The summed E-state index contributed by atoms with van der Waals surface area (Å²) in [6.45, 7) is 24.1. The van der Waals surface area contributed by atoms with Crippen molar-refractivity contribution in [2.24, 2.45) is 5.73 Å². The summed E-state index contributed by atoms with van der Waals surface area (Å²) in [5.74, 6) is 0. The summed E-state index contributed by atoms with van der Waals surface area (Å²) in [4.78, 5) is 26.1. The Kier molecular flexibility index (Phi) is 8.56. The zero-order valence-corrected chi connectivity index (χ0v) is 28.1. The molecule has 0 radical (unpaired) electrons. The van der Waals surface area contributed by atoms with Gasteiger partial charge in [-0.05, 0) is 36.3 Å². The predicted octanol–water partition coefficient (Wildman–Crippen LogP) is 3.40. The van der Waals surface area contributed by atoms with Gasteiger partial charge in [-0.25, -0.2) is 8.98 Å². The molecule has 4 atom stereocenters. The van der Waals surface area contributed by atoms with Gasteiger partial charge in [-0.15, -0.1) is 6.58 Å². The van der Waals surface area contributed by atoms with E-state index in [0.717, 1.165) is 9.98 Å². The topological polar surface area (TPSA) is 141 Å². The zero-order chi connectivity index (χ0) is 30.7. The van der Waals surface area contributed by atoms with Crippen molar-refractivity contribution in [2.45, 2.75) is 108 Å². The number of aromatic nitrogens is 2. The number of rotatable bonds is 8. The third kappa shape index (κ3) is 5.76. The summed E-state index contributed by atoms with van der Waals surface area (Å²) < 4.78 is 53.6. The largest absolute Gasteiger partial charge is 0.414 e. The Hall–Kier alpha value is -1.82. The molecule has 0 bridgehead atoms. The number of nitrogens with two attached hydrogens (primary N) is 1. The van der Waals surface area contributed by atoms with Gasteiger partial charge in [0.05, 0.1) is 17.7 Å². The fourth-order valence-corrected chi connectivity index (χ4v) is 7.74. The minimum Gasteiger partial charge on any atom is -0.414 e. The second kappa shape index (κ2) is 10.5. The molecule has 0 amide bonds. The van der Waals surface area contributed by atoms with Crippen molar-refractivity contribution < 1.29 is 26.2 Å². The van der Waals surface area contributed by atoms with Gasteiger partial charge >= 0.3 is 5.69 Å². The lowest BCUT2D eigenvalue weighted by Crippen LogP contribution is -2.59. The van der Waals surface area contributed by atoms with Crippen LogP contribution in [0.2, 0.25) is 36.3 Å². The molecule has 226 valence electrons. The highest BCUT2D eigenvalue weighted by molar-refractivity contribution is 7.90. The SMILES string of the molecule is C=CCn1c(=O)ccn([C@@H]2OC(CO[Si](C)(C)C(C)(C)C)C3(OS(=O)(=O)C=C3N)[C@H]2O[Si](C)(C)C(C)(C)C)c1=O. The van der Waals surface area contributed by atoms with Crippen molar-refractivity contribution in [1.29, 1.82) is 0 Å². The van der Waals surface area contributed by atoms with Crippen molar-refractivity contribution in [1.82, 2.24) is 9.13 Å². The molecule has 2 aliphatic heterocycles. The second-order valence-corrected chi connectivity index (χ2v) is 24.5. The second-order valence-electron chi connectivity index (χ2n) is 13.6. The molecule has 1 fully saturated rings. The van der Waals surface area contributed by atoms with Crippen LogP contribution in [0.5, 0.6) is 0 Å². The van der Waals surface area contributed by atoms with Crippen LogP contribution in [0.15, 0.2) is 45.6 Å². The Bertz CT molecular complexity index is 1400. The van der Waals surface area contributed by atoms with Crippen LogP contribution in [0.3, 0.4) is 0 Å². The van der Waals surface area contributed by atoms with Gasteiger partial charge in [0.25, 0.3) is 15.7 Å². The van der Waals surface area contributed by atoms with E-state index >= 15 is 0 Å². The summed E-state index contributed by atoms with van der Waals surface area (Å²) in [6, 6.07) is 1.25. The fraction of sp³-hybridized carbons (Fsp3) is 0.692. The lowest BCUT2D eigenvalue weighted by Gasteiger charge is -2.43. The van der Waals surface area contributed by atoms with Gasteiger partial charge in [0.15, 0.2) is 28.5 Å². The van der Waals surface area contributed by atoms with Crippen LogP contribution in [0.4, 0.5) is 0 Å². The van der Waals surface area contributed by atoms with Gasteiger partial charge in [0, 0.05) is 18.8 Å². The van der Waals surface area contributed by atoms with E-state index in [2.05, 4.69) is 40.4 Å². The Morgan fingerprint density at radius 3 is 2.15 bits per heavy atom. The molecular formula is C26H45N3O8SSi2. The summed E-state index contributed by atoms with van der Waals surface area (Å²) in [7, 11) is -9.20. The number of hydrogen-bond donors (Lipinski definition) is 1. The summed E-state index contributed by atoms with van der Waals surface area (Å²) in [5, 5.41) is 0.439. The van der Waals surface area contributed by atoms with Gasteiger partial charge in [-0.2, -0.15) is 8.42 Å². The normalized spacial score (nSPS) is 27.2. The molecule has 2 aliphatic rings. The standard InChI is InChI=1S/C26H45N3O8SSi2/c1-12-14-28-20(30)13-15-29(23(28)31)22-21(36-40(10,11)25(5,6)7)26(18(27)17-38(32,33)37-26)19(35-22)16-34-39(8,9)24(2,3)4/h12-13,15,17,19,21-22H,1,14,16,27H2,2-11H3/t19?,21-,22+,26?/m0/s1. The first-order chi connectivity index (χ1) is 18.0. The number of nitrogens with zero attached hydrogens (tertiary/aromatic N) is 2. The Labute approximate surface area is 239 Å². The highest BCUT2D eigenvalue weighted by Crippen LogP contribution is 2.52. The molecule has 1 aromatic rings. The van der Waals surface area contributed by atoms with Crippen molar-refractivity contribution >= 4 is 26.8 Å². The smallest absolute Gasteiger partial charge is 0.333 e. The first-order valence-electron chi connectivity index (χ1n) is 13.3. The van der Waals surface area contributed by atoms with E-state index in [1.165, 1.54) is 22.9 Å². The van der Waals surface area contributed by atoms with Crippen LogP contribution in [-0.4, -0.2) is 58.6 Å². The lowest BCUT2D eigenvalue weighted by atomic mass is 9.89. The molecule has 0 aliphatic carbocycles. The molecule has 1 spiro atoms. The number of ether oxygens (including phenoxy) is 1.